The molecular formula is C15H20O3. The van der Waals surface area contributed by atoms with Gasteiger partial charge in [-0.2, -0.15) is 0 Å². The van der Waals surface area contributed by atoms with Gasteiger partial charge in [-0.25, -0.2) is 4.79 Å². The summed E-state index contributed by atoms with van der Waals surface area (Å²) in [5, 5.41) is 9.89. The van der Waals surface area contributed by atoms with E-state index in [4.69, 9.17) is 4.74 Å². The molecule has 0 bridgehead atoms. The summed E-state index contributed by atoms with van der Waals surface area (Å²) in [7, 11) is 0. The van der Waals surface area contributed by atoms with Gasteiger partial charge in [-0.15, -0.1) is 0 Å². The van der Waals surface area contributed by atoms with Crippen LogP contribution in [0.2, 0.25) is 0 Å². The molecule has 3 nitrogen and oxygen atoms in total. The van der Waals surface area contributed by atoms with Gasteiger partial charge in [0, 0.05) is 5.92 Å². The Labute approximate surface area is 108 Å². The van der Waals surface area contributed by atoms with Crippen molar-refractivity contribution in [2.45, 2.75) is 38.9 Å². The summed E-state index contributed by atoms with van der Waals surface area (Å²) >= 11 is 0. The van der Waals surface area contributed by atoms with Gasteiger partial charge >= 0.3 is 5.97 Å². The molecule has 0 aliphatic heterocycles. The maximum Gasteiger partial charge on any atom is 0.338 e. The molecule has 0 aromatic heterocycles. The zero-order valence-corrected chi connectivity index (χ0v) is 11.1. The highest BCUT2D eigenvalue weighted by molar-refractivity contribution is 5.89. The number of hydrogen-bond acceptors (Lipinski definition) is 3. The van der Waals surface area contributed by atoms with Gasteiger partial charge in [-0.3, -0.25) is 0 Å². The highest BCUT2D eigenvalue weighted by Gasteiger charge is 2.50. The van der Waals surface area contributed by atoms with Crippen molar-refractivity contribution >= 4 is 5.97 Å². The van der Waals surface area contributed by atoms with E-state index in [9.17, 15) is 9.90 Å². The molecule has 1 saturated carbocycles. The fourth-order valence-electron chi connectivity index (χ4n) is 2.44. The average Bonchev–Trinajstić information content (AvgIpc) is 3.09. The number of carbonyl (C=O) groups excluding carboxylic acids is 1. The van der Waals surface area contributed by atoms with Crippen molar-refractivity contribution in [1.29, 1.82) is 0 Å². The molecule has 0 saturated heterocycles. The predicted octanol–water partition coefficient (Wildman–Crippen LogP) is 2.64. The van der Waals surface area contributed by atoms with Crippen LogP contribution in [0.1, 0.15) is 37.6 Å². The molecule has 98 valence electrons. The molecule has 0 spiro atoms. The van der Waals surface area contributed by atoms with E-state index in [1.54, 1.807) is 12.1 Å². The molecule has 0 amide bonds. The minimum Gasteiger partial charge on any atom is -0.459 e. The molecule has 3 atom stereocenters. The molecule has 3 heteroatoms. The summed E-state index contributed by atoms with van der Waals surface area (Å²) < 4.78 is 5.44. The molecule has 0 radical (unpaired) electrons. The first kappa shape index (κ1) is 13.1. The fourth-order valence-corrected chi connectivity index (χ4v) is 2.44. The standard InChI is InChI=1S/C15H20O3/c1-10(12-9-13(12)15(2,3)17)18-14(16)11-7-5-4-6-8-11/h4-8,10,12-13,17H,9H2,1-3H3. The lowest BCUT2D eigenvalue weighted by atomic mass is 10.0. The van der Waals surface area contributed by atoms with E-state index in [-0.39, 0.29) is 23.9 Å². The summed E-state index contributed by atoms with van der Waals surface area (Å²) in [4.78, 5) is 11.9. The van der Waals surface area contributed by atoms with Gasteiger partial charge in [0.2, 0.25) is 0 Å². The van der Waals surface area contributed by atoms with E-state index < -0.39 is 5.60 Å². The summed E-state index contributed by atoms with van der Waals surface area (Å²) in [6.45, 7) is 5.52. The van der Waals surface area contributed by atoms with Crippen LogP contribution in [0.25, 0.3) is 0 Å². The topological polar surface area (TPSA) is 46.5 Å². The summed E-state index contributed by atoms with van der Waals surface area (Å²) in [5.74, 6) is 0.221. The first-order valence-electron chi connectivity index (χ1n) is 6.38. The lowest BCUT2D eigenvalue weighted by Crippen LogP contribution is -2.26. The number of carbonyl (C=O) groups is 1. The highest BCUT2D eigenvalue weighted by Crippen LogP contribution is 2.49. The molecule has 1 aliphatic rings. The molecule has 3 unspecified atom stereocenters. The van der Waals surface area contributed by atoms with Crippen molar-refractivity contribution in [1.82, 2.24) is 0 Å². The number of rotatable bonds is 4. The van der Waals surface area contributed by atoms with Gasteiger partial charge in [-0.05, 0) is 45.2 Å². The molecule has 1 aromatic rings. The number of aliphatic hydroxyl groups is 1. The molecule has 18 heavy (non-hydrogen) atoms. The third kappa shape index (κ3) is 2.91. The van der Waals surface area contributed by atoms with Crippen LogP contribution < -0.4 is 0 Å². The second-order valence-corrected chi connectivity index (χ2v) is 5.64. The van der Waals surface area contributed by atoms with Crippen molar-refractivity contribution in [2.75, 3.05) is 0 Å². The maximum atomic E-state index is 11.9. The van der Waals surface area contributed by atoms with Crippen molar-refractivity contribution in [3.05, 3.63) is 35.9 Å². The van der Waals surface area contributed by atoms with E-state index >= 15 is 0 Å². The van der Waals surface area contributed by atoms with E-state index in [1.807, 2.05) is 39.0 Å². The van der Waals surface area contributed by atoms with Crippen molar-refractivity contribution < 1.29 is 14.6 Å². The van der Waals surface area contributed by atoms with Crippen LogP contribution in [0, 0.1) is 11.8 Å². The lowest BCUT2D eigenvalue weighted by Gasteiger charge is -2.19. The normalized spacial score (nSPS) is 24.4. The van der Waals surface area contributed by atoms with Crippen molar-refractivity contribution in [2.24, 2.45) is 11.8 Å². The van der Waals surface area contributed by atoms with Crippen LogP contribution in [-0.2, 0) is 4.74 Å². The number of hydrogen-bond donors (Lipinski definition) is 1. The Morgan fingerprint density at radius 3 is 2.50 bits per heavy atom. The van der Waals surface area contributed by atoms with E-state index in [0.29, 0.717) is 5.56 Å². The van der Waals surface area contributed by atoms with Gasteiger partial charge in [0.1, 0.15) is 6.10 Å². The van der Waals surface area contributed by atoms with Gasteiger partial charge in [0.05, 0.1) is 11.2 Å². The van der Waals surface area contributed by atoms with Crippen LogP contribution in [-0.4, -0.2) is 22.8 Å². The molecule has 0 heterocycles. The first-order chi connectivity index (χ1) is 8.39. The van der Waals surface area contributed by atoms with Gasteiger partial charge in [-0.1, -0.05) is 18.2 Å². The maximum absolute atomic E-state index is 11.9. The van der Waals surface area contributed by atoms with E-state index in [1.165, 1.54) is 0 Å². The second kappa shape index (κ2) is 4.73. The SMILES string of the molecule is CC(OC(=O)c1ccccc1)C1CC1C(C)(C)O. The van der Waals surface area contributed by atoms with Crippen LogP contribution >= 0.6 is 0 Å². The molecular weight excluding hydrogens is 228 g/mol. The largest absolute Gasteiger partial charge is 0.459 e. The molecule has 1 fully saturated rings. The van der Waals surface area contributed by atoms with Crippen LogP contribution in [0.4, 0.5) is 0 Å². The summed E-state index contributed by atoms with van der Waals surface area (Å²) in [6.07, 6.45) is 0.779. The Morgan fingerprint density at radius 2 is 2.00 bits per heavy atom. The average molecular weight is 248 g/mol. The van der Waals surface area contributed by atoms with Gasteiger partial charge in [0.15, 0.2) is 0 Å². The third-order valence-corrected chi connectivity index (χ3v) is 3.65. The first-order valence-corrected chi connectivity index (χ1v) is 6.38. The fraction of sp³-hybridized carbons (Fsp3) is 0.533. The Balaban J connectivity index is 1.90. The van der Waals surface area contributed by atoms with Crippen molar-refractivity contribution in [3.8, 4) is 0 Å². The zero-order valence-electron chi connectivity index (χ0n) is 11.1. The van der Waals surface area contributed by atoms with Crippen LogP contribution in [0.5, 0.6) is 0 Å². The quantitative estimate of drug-likeness (QED) is 0.833. The number of ether oxygens (including phenoxy) is 1. The smallest absolute Gasteiger partial charge is 0.338 e. The van der Waals surface area contributed by atoms with Crippen LogP contribution in [0.3, 0.4) is 0 Å². The molecule has 2 rings (SSSR count). The number of esters is 1. The van der Waals surface area contributed by atoms with Gasteiger partial charge < -0.3 is 9.84 Å². The third-order valence-electron chi connectivity index (χ3n) is 3.65. The Hall–Kier alpha value is -1.35. The summed E-state index contributed by atoms with van der Waals surface area (Å²) in [5.41, 5.74) is -0.109. The lowest BCUT2D eigenvalue weighted by molar-refractivity contribution is 0.0136. The Bertz CT molecular complexity index is 419. The highest BCUT2D eigenvalue weighted by atomic mass is 16.5. The summed E-state index contributed by atoms with van der Waals surface area (Å²) in [6, 6.07) is 8.99. The second-order valence-electron chi connectivity index (χ2n) is 5.64. The van der Waals surface area contributed by atoms with Crippen LogP contribution in [0.15, 0.2) is 30.3 Å². The zero-order chi connectivity index (χ0) is 13.3. The Kier molecular flexibility index (Phi) is 3.44. The van der Waals surface area contributed by atoms with E-state index in [2.05, 4.69) is 0 Å². The minimum absolute atomic E-state index is 0.144. The van der Waals surface area contributed by atoms with E-state index in [0.717, 1.165) is 6.42 Å². The van der Waals surface area contributed by atoms with Gasteiger partial charge in [0.25, 0.3) is 0 Å². The monoisotopic (exact) mass is 248 g/mol. The molecule has 1 aliphatic carbocycles. The molecule has 1 aromatic carbocycles. The predicted molar refractivity (Wildman–Crippen MR) is 69.2 cm³/mol. The number of benzene rings is 1. The minimum atomic E-state index is -0.682. The van der Waals surface area contributed by atoms with Crippen molar-refractivity contribution in [3.63, 3.8) is 0 Å². The Morgan fingerprint density at radius 1 is 1.39 bits per heavy atom. The molecule has 1 N–H and O–H groups in total.